The molecule has 2 aromatic heterocycles. The van der Waals surface area contributed by atoms with Gasteiger partial charge in [0.2, 0.25) is 0 Å². The van der Waals surface area contributed by atoms with Crippen LogP contribution >= 0.6 is 0 Å². The fourth-order valence-electron chi connectivity index (χ4n) is 3.35. The average molecular weight is 472 g/mol. The summed E-state index contributed by atoms with van der Waals surface area (Å²) in [5.74, 6) is -0.420. The van der Waals surface area contributed by atoms with Gasteiger partial charge in [0, 0.05) is 25.1 Å². The summed E-state index contributed by atoms with van der Waals surface area (Å²) < 4.78 is 52.5. The van der Waals surface area contributed by atoms with Crippen molar-refractivity contribution in [3.05, 3.63) is 29.2 Å². The highest BCUT2D eigenvalue weighted by Gasteiger charge is 2.40. The van der Waals surface area contributed by atoms with E-state index in [1.54, 1.807) is 6.07 Å². The minimum absolute atomic E-state index is 0.0290. The average Bonchev–Trinajstić information content (AvgIpc) is 3.12. The number of anilines is 1. The molecule has 3 heterocycles. The van der Waals surface area contributed by atoms with E-state index in [-0.39, 0.29) is 29.4 Å². The van der Waals surface area contributed by atoms with Crippen LogP contribution in [-0.4, -0.2) is 56.6 Å². The van der Waals surface area contributed by atoms with Crippen LogP contribution in [0.5, 0.6) is 0 Å². The largest absolute Gasteiger partial charge is 0.522 e. The molecule has 14 heteroatoms. The first kappa shape index (κ1) is 23.0. The maximum Gasteiger partial charge on any atom is 0.522 e. The van der Waals surface area contributed by atoms with Gasteiger partial charge in [-0.05, 0) is 25.8 Å². The Kier molecular flexibility index (Phi) is 6.05. The summed E-state index contributed by atoms with van der Waals surface area (Å²) in [4.78, 5) is 24.4. The first-order chi connectivity index (χ1) is 15.5. The summed E-state index contributed by atoms with van der Waals surface area (Å²) in [6, 6.07) is 2.77. The molecule has 1 aliphatic heterocycles. The van der Waals surface area contributed by atoms with Gasteiger partial charge in [0.25, 0.3) is 5.91 Å². The van der Waals surface area contributed by atoms with E-state index in [1.165, 1.54) is 13.1 Å². The van der Waals surface area contributed by atoms with Gasteiger partial charge in [0.05, 0.1) is 18.0 Å². The van der Waals surface area contributed by atoms with E-state index in [0.29, 0.717) is 12.1 Å². The Bertz CT molecular complexity index is 1030. The third-order valence-electron chi connectivity index (χ3n) is 5.37. The molecule has 180 valence electrons. The number of alkyl carbamates (subject to hydrolysis) is 1. The Hall–Kier alpha value is -3.13. The summed E-state index contributed by atoms with van der Waals surface area (Å²) >= 11 is 0. The number of amides is 2. The second-order valence-corrected chi connectivity index (χ2v) is 8.31. The molecule has 33 heavy (non-hydrogen) atoms. The molecular weight excluding hydrogens is 449 g/mol. The fraction of sp³-hybridized carbons (Fsp3) is 0.579. The minimum Gasteiger partial charge on any atom is -0.444 e. The molecule has 0 bridgehead atoms. The molecule has 3 N–H and O–H groups in total. The first-order valence-electron chi connectivity index (χ1n) is 10.2. The Morgan fingerprint density at radius 1 is 1.36 bits per heavy atom. The zero-order valence-corrected chi connectivity index (χ0v) is 17.9. The second kappa shape index (κ2) is 8.67. The Morgan fingerprint density at radius 3 is 2.82 bits per heavy atom. The number of aromatic amines is 1. The summed E-state index contributed by atoms with van der Waals surface area (Å²) in [6.45, 7) is 1.37. The van der Waals surface area contributed by atoms with E-state index >= 15 is 0 Å². The summed E-state index contributed by atoms with van der Waals surface area (Å²) in [5, 5.41) is 16.0. The van der Waals surface area contributed by atoms with Gasteiger partial charge < -0.3 is 20.1 Å². The van der Waals surface area contributed by atoms with E-state index in [2.05, 4.69) is 30.7 Å². The van der Waals surface area contributed by atoms with Crippen LogP contribution < -0.4 is 10.6 Å². The lowest BCUT2D eigenvalue weighted by atomic mass is 10.1. The van der Waals surface area contributed by atoms with Gasteiger partial charge >= 0.3 is 12.5 Å². The second-order valence-electron chi connectivity index (χ2n) is 8.31. The van der Waals surface area contributed by atoms with E-state index in [4.69, 9.17) is 9.47 Å². The van der Waals surface area contributed by atoms with Crippen LogP contribution in [0.15, 0.2) is 12.1 Å². The van der Waals surface area contributed by atoms with Crippen molar-refractivity contribution >= 4 is 17.8 Å². The van der Waals surface area contributed by atoms with Crippen LogP contribution in [0.3, 0.4) is 0 Å². The number of hydrogen-bond acceptors (Lipinski definition) is 7. The van der Waals surface area contributed by atoms with E-state index in [0.717, 1.165) is 17.5 Å². The van der Waals surface area contributed by atoms with Crippen LogP contribution in [0.2, 0.25) is 0 Å². The number of alkyl halides is 3. The predicted octanol–water partition coefficient (Wildman–Crippen LogP) is 2.54. The zero-order chi connectivity index (χ0) is 23.8. The lowest BCUT2D eigenvalue weighted by Crippen LogP contribution is -2.37. The molecule has 0 unspecified atom stereocenters. The van der Waals surface area contributed by atoms with Gasteiger partial charge in [-0.25, -0.2) is 4.79 Å². The molecule has 2 aromatic rings. The van der Waals surface area contributed by atoms with Gasteiger partial charge in [0.15, 0.2) is 5.82 Å². The Morgan fingerprint density at radius 2 is 2.12 bits per heavy atom. The number of hydrogen-bond donors (Lipinski definition) is 3. The highest BCUT2D eigenvalue weighted by Crippen LogP contribution is 2.35. The molecular formula is C19H23F3N6O5. The normalized spacial score (nSPS) is 21.6. The molecule has 1 saturated heterocycles. The highest BCUT2D eigenvalue weighted by molar-refractivity contribution is 6.02. The van der Waals surface area contributed by atoms with Crippen LogP contribution in [0.1, 0.15) is 54.2 Å². The topological polar surface area (TPSA) is 132 Å². The summed E-state index contributed by atoms with van der Waals surface area (Å²) in [6.07, 6.45) is -3.81. The predicted molar refractivity (Wildman–Crippen MR) is 105 cm³/mol. The number of aryl methyl sites for hydroxylation is 1. The van der Waals surface area contributed by atoms with Crippen LogP contribution in [0.4, 0.5) is 23.8 Å². The zero-order valence-electron chi connectivity index (χ0n) is 17.9. The summed E-state index contributed by atoms with van der Waals surface area (Å²) in [7, 11) is 1.42. The van der Waals surface area contributed by atoms with Crippen molar-refractivity contribution in [2.24, 2.45) is 7.05 Å². The van der Waals surface area contributed by atoms with Gasteiger partial charge in [-0.3, -0.25) is 19.3 Å². The number of nitrogens with one attached hydrogen (secondary N) is 3. The molecule has 0 spiro atoms. The number of aromatic nitrogens is 4. The summed E-state index contributed by atoms with van der Waals surface area (Å²) in [5.41, 5.74) is 0.385. The maximum atomic E-state index is 12.5. The van der Waals surface area contributed by atoms with Crippen LogP contribution in [-0.2, 0) is 27.9 Å². The molecule has 2 atom stereocenters. The maximum absolute atomic E-state index is 12.5. The Labute approximate surface area is 185 Å². The number of nitrogens with zero attached hydrogens (tertiary/aromatic N) is 3. The van der Waals surface area contributed by atoms with E-state index < -0.39 is 37.2 Å². The number of carbonyl (C=O) groups excluding carboxylic acids is 2. The van der Waals surface area contributed by atoms with Crippen molar-refractivity contribution in [2.45, 2.75) is 56.9 Å². The molecule has 2 amide bonds. The van der Waals surface area contributed by atoms with Gasteiger partial charge in [-0.15, -0.1) is 13.2 Å². The number of carbonyl (C=O) groups is 2. The third kappa shape index (κ3) is 6.01. The lowest BCUT2D eigenvalue weighted by molar-refractivity contribution is -0.330. The molecule has 2 aliphatic rings. The van der Waals surface area contributed by atoms with Crippen molar-refractivity contribution in [3.8, 4) is 0 Å². The smallest absolute Gasteiger partial charge is 0.444 e. The monoisotopic (exact) mass is 472 g/mol. The quantitative estimate of drug-likeness (QED) is 0.564. The molecule has 11 nitrogen and oxygen atoms in total. The molecule has 1 saturated carbocycles. The highest BCUT2D eigenvalue weighted by atomic mass is 19.4. The number of halogens is 3. The molecule has 1 aliphatic carbocycles. The van der Waals surface area contributed by atoms with E-state index in [1.807, 2.05) is 6.92 Å². The Balaban J connectivity index is 1.29. The van der Waals surface area contributed by atoms with Crippen molar-refractivity contribution in [1.82, 2.24) is 25.3 Å². The van der Waals surface area contributed by atoms with Crippen molar-refractivity contribution < 1.29 is 37.0 Å². The third-order valence-corrected chi connectivity index (χ3v) is 5.37. The lowest BCUT2D eigenvalue weighted by Gasteiger charge is -2.15. The first-order valence-corrected chi connectivity index (χ1v) is 10.2. The SMILES string of the molecule is Cn1nc(COC(F)(F)F)cc1C(=O)Nc1cc([C@H]2C[C@@H](OC(=O)NC3(C)CC3)CO2)[nH]n1. The number of ether oxygens (including phenoxy) is 3. The number of rotatable bonds is 7. The molecule has 0 aromatic carbocycles. The van der Waals surface area contributed by atoms with Crippen LogP contribution in [0, 0.1) is 0 Å². The van der Waals surface area contributed by atoms with Gasteiger partial charge in [0.1, 0.15) is 24.5 Å². The standard InChI is InChI=1S/C19H23F3N6O5/c1-18(3-4-18)24-17(30)33-11-6-14(31-9-11)12-7-15(26-25-12)23-16(29)13-5-10(27-28(13)2)8-32-19(20,21)22/h5,7,11,14H,3-4,6,8-9H2,1-2H3,(H,24,30)(H2,23,25,26,29)/t11-,14-/m1/s1. The number of H-pyrrole nitrogens is 1. The van der Waals surface area contributed by atoms with Crippen molar-refractivity contribution in [3.63, 3.8) is 0 Å². The van der Waals surface area contributed by atoms with Crippen molar-refractivity contribution in [1.29, 1.82) is 0 Å². The minimum atomic E-state index is -4.79. The molecule has 2 fully saturated rings. The van der Waals surface area contributed by atoms with Gasteiger partial charge in [-0.1, -0.05) is 0 Å². The van der Waals surface area contributed by atoms with Crippen LogP contribution in [0.25, 0.3) is 0 Å². The molecule has 4 rings (SSSR count). The van der Waals surface area contributed by atoms with Crippen molar-refractivity contribution in [2.75, 3.05) is 11.9 Å². The van der Waals surface area contributed by atoms with E-state index in [9.17, 15) is 22.8 Å². The van der Waals surface area contributed by atoms with Gasteiger partial charge in [-0.2, -0.15) is 10.2 Å². The fourth-order valence-corrected chi connectivity index (χ4v) is 3.35. The molecule has 0 radical (unpaired) electrons.